The number of benzene rings is 2. The first-order valence-corrected chi connectivity index (χ1v) is 11.3. The van der Waals surface area contributed by atoms with Crippen molar-refractivity contribution in [1.29, 1.82) is 0 Å². The molecule has 0 bridgehead atoms. The number of ketones is 2. The largest absolute Gasteiger partial charge is 0.294 e. The van der Waals surface area contributed by atoms with Crippen molar-refractivity contribution in [1.82, 2.24) is 0 Å². The number of allylic oxidation sites excluding steroid dienone is 6. The van der Waals surface area contributed by atoms with Crippen molar-refractivity contribution in [3.05, 3.63) is 103 Å². The molecule has 2 aromatic carbocycles. The highest BCUT2D eigenvalue weighted by atomic mass is 79.9. The van der Waals surface area contributed by atoms with Gasteiger partial charge in [-0.25, -0.2) is 0 Å². The van der Waals surface area contributed by atoms with Gasteiger partial charge < -0.3 is 0 Å². The normalized spacial score (nSPS) is 15.9. The maximum Gasteiger partial charge on any atom is 0.185 e. The van der Waals surface area contributed by atoms with Gasteiger partial charge in [0.25, 0.3) is 0 Å². The molecule has 3 rings (SSSR count). The Morgan fingerprint density at radius 2 is 1.48 bits per heavy atom. The van der Waals surface area contributed by atoms with Crippen LogP contribution in [0.3, 0.4) is 0 Å². The molecule has 0 heterocycles. The summed E-state index contributed by atoms with van der Waals surface area (Å²) < 4.78 is 1.88. The van der Waals surface area contributed by atoms with E-state index in [2.05, 4.69) is 31.9 Å². The molecule has 1 aliphatic rings. The van der Waals surface area contributed by atoms with E-state index in [1.165, 1.54) is 0 Å². The second-order valence-electron chi connectivity index (χ2n) is 6.76. The maximum atomic E-state index is 12.4. The molecule has 0 aliphatic heterocycles. The average molecular weight is 535 g/mol. The zero-order valence-corrected chi connectivity index (χ0v) is 19.6. The monoisotopic (exact) mass is 532 g/mol. The Bertz CT molecular complexity index is 1000. The fourth-order valence-corrected chi connectivity index (χ4v) is 3.96. The molecule has 5 heteroatoms. The predicted octanol–water partition coefficient (Wildman–Crippen LogP) is 7.83. The van der Waals surface area contributed by atoms with Crippen molar-refractivity contribution in [3.63, 3.8) is 0 Å². The quantitative estimate of drug-likeness (QED) is 0.280. The van der Waals surface area contributed by atoms with Crippen LogP contribution in [0.15, 0.2) is 91.9 Å². The molecule has 1 aliphatic carbocycles. The Kier molecular flexibility index (Phi) is 7.82. The molecule has 0 spiro atoms. The second kappa shape index (κ2) is 10.3. The van der Waals surface area contributed by atoms with Crippen LogP contribution < -0.4 is 0 Å². The standard InChI is InChI=1S/C24H19Br2ClO2/c25-20-10-4-16(5-11-20)22(28)14-8-18-2-1-3-19(24(18)27)9-15-23(29)17-6-12-21(26)13-7-17/h4-14H,1-3,15H2/b14-8+,19-9+. The van der Waals surface area contributed by atoms with Crippen LogP contribution in [-0.2, 0) is 0 Å². The molecule has 148 valence electrons. The summed E-state index contributed by atoms with van der Waals surface area (Å²) >= 11 is 13.3. The summed E-state index contributed by atoms with van der Waals surface area (Å²) in [6.07, 6.45) is 8.19. The lowest BCUT2D eigenvalue weighted by Gasteiger charge is -2.17. The van der Waals surface area contributed by atoms with E-state index in [0.717, 1.165) is 39.4 Å². The first kappa shape index (κ1) is 21.9. The lowest BCUT2D eigenvalue weighted by molar-refractivity contribution is 0.0994. The molecule has 0 atom stereocenters. The third-order valence-electron chi connectivity index (χ3n) is 4.72. The maximum absolute atomic E-state index is 12.4. The predicted molar refractivity (Wildman–Crippen MR) is 126 cm³/mol. The Balaban J connectivity index is 1.71. The summed E-state index contributed by atoms with van der Waals surface area (Å²) in [4.78, 5) is 24.8. The highest BCUT2D eigenvalue weighted by molar-refractivity contribution is 9.10. The van der Waals surface area contributed by atoms with E-state index in [-0.39, 0.29) is 11.6 Å². The third kappa shape index (κ3) is 6.11. The first-order chi connectivity index (χ1) is 13.9. The van der Waals surface area contributed by atoms with Crippen LogP contribution in [-0.4, -0.2) is 11.6 Å². The lowest BCUT2D eigenvalue weighted by Crippen LogP contribution is -2.02. The van der Waals surface area contributed by atoms with Crippen molar-refractivity contribution in [3.8, 4) is 0 Å². The minimum absolute atomic E-state index is 0.0579. The number of halogens is 3. The number of carbonyl (C=O) groups is 2. The van der Waals surface area contributed by atoms with Crippen molar-refractivity contribution in [2.75, 3.05) is 0 Å². The molecule has 0 aromatic heterocycles. The van der Waals surface area contributed by atoms with Gasteiger partial charge in [-0.05, 0) is 72.9 Å². The molecule has 29 heavy (non-hydrogen) atoms. The van der Waals surface area contributed by atoms with E-state index in [9.17, 15) is 9.59 Å². The highest BCUT2D eigenvalue weighted by Crippen LogP contribution is 2.33. The van der Waals surface area contributed by atoms with Crippen LogP contribution in [0.25, 0.3) is 0 Å². The summed E-state index contributed by atoms with van der Waals surface area (Å²) in [6.45, 7) is 0. The van der Waals surface area contributed by atoms with Gasteiger partial charge in [-0.15, -0.1) is 0 Å². The van der Waals surface area contributed by atoms with Gasteiger partial charge in [0.1, 0.15) is 0 Å². The van der Waals surface area contributed by atoms with Gasteiger partial charge in [-0.3, -0.25) is 9.59 Å². The molecule has 0 saturated heterocycles. The van der Waals surface area contributed by atoms with Crippen LogP contribution >= 0.6 is 43.5 Å². The molecule has 0 N–H and O–H groups in total. The molecule has 0 fully saturated rings. The molecule has 0 radical (unpaired) electrons. The minimum Gasteiger partial charge on any atom is -0.294 e. The molecular formula is C24H19Br2ClO2. The van der Waals surface area contributed by atoms with Gasteiger partial charge in [-0.2, -0.15) is 0 Å². The Morgan fingerprint density at radius 1 is 0.897 bits per heavy atom. The fourth-order valence-electron chi connectivity index (χ4n) is 3.10. The SMILES string of the molecule is O=C(/C=C/C1=C(Cl)C(=C/CC(=O)c2ccc(Br)cc2)/CCC1)c1ccc(Br)cc1. The molecule has 0 amide bonds. The number of hydrogen-bond donors (Lipinski definition) is 0. The number of hydrogen-bond acceptors (Lipinski definition) is 2. The smallest absolute Gasteiger partial charge is 0.185 e. The number of Topliss-reactive ketones (excluding diaryl/α,β-unsaturated/α-hetero) is 1. The van der Waals surface area contributed by atoms with Gasteiger partial charge in [0.05, 0.1) is 0 Å². The lowest BCUT2D eigenvalue weighted by atomic mass is 9.93. The minimum atomic E-state index is -0.0593. The fraction of sp³-hybridized carbons (Fsp3) is 0.167. The van der Waals surface area contributed by atoms with E-state index in [0.29, 0.717) is 22.6 Å². The highest BCUT2D eigenvalue weighted by Gasteiger charge is 2.15. The second-order valence-corrected chi connectivity index (χ2v) is 8.97. The summed E-state index contributed by atoms with van der Waals surface area (Å²) in [5.74, 6) is -0.00136. The van der Waals surface area contributed by atoms with Crippen molar-refractivity contribution < 1.29 is 9.59 Å². The summed E-state index contributed by atoms with van der Waals surface area (Å²) in [5, 5.41) is 0.653. The van der Waals surface area contributed by atoms with Crippen LogP contribution in [0, 0.1) is 0 Å². The Morgan fingerprint density at radius 3 is 2.10 bits per heavy atom. The van der Waals surface area contributed by atoms with Crippen molar-refractivity contribution in [2.45, 2.75) is 25.7 Å². The van der Waals surface area contributed by atoms with E-state index < -0.39 is 0 Å². The average Bonchev–Trinajstić information content (AvgIpc) is 2.72. The van der Waals surface area contributed by atoms with Gasteiger partial charge in [-0.1, -0.05) is 67.7 Å². The molecule has 2 aromatic rings. The van der Waals surface area contributed by atoms with Crippen LogP contribution in [0.4, 0.5) is 0 Å². The number of carbonyl (C=O) groups excluding carboxylic acids is 2. The zero-order valence-electron chi connectivity index (χ0n) is 15.6. The first-order valence-electron chi connectivity index (χ1n) is 9.29. The molecule has 0 saturated carbocycles. The van der Waals surface area contributed by atoms with Crippen molar-refractivity contribution in [2.24, 2.45) is 0 Å². The van der Waals surface area contributed by atoms with E-state index >= 15 is 0 Å². The van der Waals surface area contributed by atoms with E-state index in [4.69, 9.17) is 11.6 Å². The zero-order chi connectivity index (χ0) is 20.8. The summed E-state index contributed by atoms with van der Waals surface area (Å²) in [7, 11) is 0. The molecule has 0 unspecified atom stereocenters. The van der Waals surface area contributed by atoms with Gasteiger partial charge >= 0.3 is 0 Å². The van der Waals surface area contributed by atoms with Gasteiger partial charge in [0.2, 0.25) is 0 Å². The summed E-state index contributed by atoms with van der Waals surface area (Å²) in [5.41, 5.74) is 3.22. The van der Waals surface area contributed by atoms with Crippen LogP contribution in [0.2, 0.25) is 0 Å². The van der Waals surface area contributed by atoms with Gasteiger partial charge in [0, 0.05) is 31.5 Å². The van der Waals surface area contributed by atoms with Crippen LogP contribution in [0.5, 0.6) is 0 Å². The van der Waals surface area contributed by atoms with Crippen molar-refractivity contribution >= 4 is 55.0 Å². The van der Waals surface area contributed by atoms with E-state index in [1.807, 2.05) is 42.5 Å². The van der Waals surface area contributed by atoms with E-state index in [1.54, 1.807) is 24.3 Å². The molecule has 2 nitrogen and oxygen atoms in total. The van der Waals surface area contributed by atoms with Crippen LogP contribution in [0.1, 0.15) is 46.4 Å². The Hall–Kier alpha value is -1.75. The topological polar surface area (TPSA) is 34.1 Å². The molecular weight excluding hydrogens is 516 g/mol. The third-order valence-corrected chi connectivity index (χ3v) is 6.26. The Labute approximate surface area is 192 Å². The number of rotatable bonds is 6. The summed E-state index contributed by atoms with van der Waals surface area (Å²) in [6, 6.07) is 14.6. The van der Waals surface area contributed by atoms with Gasteiger partial charge in [0.15, 0.2) is 11.6 Å².